The molecule has 1 aromatic heterocycles. The lowest BCUT2D eigenvalue weighted by atomic mass is 10.0. The highest BCUT2D eigenvalue weighted by atomic mass is 19.1. The highest BCUT2D eigenvalue weighted by Crippen LogP contribution is 2.22. The van der Waals surface area contributed by atoms with Crippen molar-refractivity contribution in [3.8, 4) is 0 Å². The lowest BCUT2D eigenvalue weighted by Gasteiger charge is -2.32. The Labute approximate surface area is 175 Å². The monoisotopic (exact) mass is 407 g/mol. The number of ketones is 1. The van der Waals surface area contributed by atoms with Crippen LogP contribution < -0.4 is 5.32 Å². The summed E-state index contributed by atoms with van der Waals surface area (Å²) in [5, 5.41) is 13.9. The number of piperidine rings is 1. The van der Waals surface area contributed by atoms with Crippen LogP contribution >= 0.6 is 0 Å². The van der Waals surface area contributed by atoms with Crippen molar-refractivity contribution in [3.63, 3.8) is 0 Å². The predicted octanol–water partition coefficient (Wildman–Crippen LogP) is 3.55. The first-order valence-electron chi connectivity index (χ1n) is 10.3. The molecule has 30 heavy (non-hydrogen) atoms. The van der Waals surface area contributed by atoms with E-state index < -0.39 is 0 Å². The van der Waals surface area contributed by atoms with E-state index in [-0.39, 0.29) is 24.2 Å². The largest absolute Gasteiger partial charge is 0.392 e. The number of aliphatic hydroxyl groups is 1. The van der Waals surface area contributed by atoms with Crippen LogP contribution in [0.5, 0.6) is 0 Å². The van der Waals surface area contributed by atoms with Gasteiger partial charge in [-0.1, -0.05) is 12.1 Å². The van der Waals surface area contributed by atoms with Crippen molar-refractivity contribution in [2.24, 2.45) is 0 Å². The zero-order chi connectivity index (χ0) is 20.9. The maximum Gasteiger partial charge on any atom is 0.151 e. The molecule has 2 heterocycles. The minimum Gasteiger partial charge on any atom is -0.392 e. The molecule has 0 bridgehead atoms. The standard InChI is InChI=1S/C24H26FN3O2/c25-20-4-6-24(19(14-20)16-29)27-21-7-10-28(11-8-21)15-22(30)13-17-3-5-23-18(12-17)2-1-9-26-23/h1-6,9,12,14,21,27,29H,7-8,10-11,13,15-16H2. The summed E-state index contributed by atoms with van der Waals surface area (Å²) in [6, 6.07) is 14.6. The van der Waals surface area contributed by atoms with E-state index in [1.165, 1.54) is 12.1 Å². The zero-order valence-electron chi connectivity index (χ0n) is 16.9. The number of anilines is 1. The number of benzene rings is 2. The van der Waals surface area contributed by atoms with Gasteiger partial charge in [-0.05, 0) is 54.8 Å². The van der Waals surface area contributed by atoms with Crippen molar-refractivity contribution in [2.45, 2.75) is 31.9 Å². The summed E-state index contributed by atoms with van der Waals surface area (Å²) in [6.07, 6.45) is 4.00. The number of likely N-dealkylation sites (tertiary alicyclic amines) is 1. The smallest absolute Gasteiger partial charge is 0.151 e. The van der Waals surface area contributed by atoms with E-state index in [0.717, 1.165) is 48.1 Å². The van der Waals surface area contributed by atoms with Crippen molar-refractivity contribution in [2.75, 3.05) is 25.0 Å². The number of hydrogen-bond donors (Lipinski definition) is 2. The van der Waals surface area contributed by atoms with E-state index in [1.807, 2.05) is 30.3 Å². The molecule has 3 aromatic rings. The van der Waals surface area contributed by atoms with Crippen molar-refractivity contribution in [1.29, 1.82) is 0 Å². The zero-order valence-corrected chi connectivity index (χ0v) is 16.9. The molecule has 4 rings (SSSR count). The van der Waals surface area contributed by atoms with Crippen molar-refractivity contribution < 1.29 is 14.3 Å². The fraction of sp³-hybridized carbons (Fsp3) is 0.333. The van der Waals surface area contributed by atoms with Gasteiger partial charge in [0.05, 0.1) is 18.7 Å². The molecule has 5 nitrogen and oxygen atoms in total. The van der Waals surface area contributed by atoms with E-state index in [1.54, 1.807) is 12.3 Å². The number of fused-ring (bicyclic) bond motifs is 1. The summed E-state index contributed by atoms with van der Waals surface area (Å²) in [5.41, 5.74) is 3.30. The van der Waals surface area contributed by atoms with Gasteiger partial charge in [0.15, 0.2) is 5.78 Å². The van der Waals surface area contributed by atoms with Gasteiger partial charge in [0.1, 0.15) is 5.82 Å². The second kappa shape index (κ2) is 9.32. The number of halogens is 1. The lowest BCUT2D eigenvalue weighted by Crippen LogP contribution is -2.41. The van der Waals surface area contributed by atoms with Crippen molar-refractivity contribution in [3.05, 3.63) is 71.7 Å². The number of nitrogens with zero attached hydrogens (tertiary/aromatic N) is 2. The average Bonchev–Trinajstić information content (AvgIpc) is 2.76. The van der Waals surface area contributed by atoms with Crippen LogP contribution in [0.3, 0.4) is 0 Å². The Bertz CT molecular complexity index is 1030. The molecule has 1 aliphatic heterocycles. The van der Waals surface area contributed by atoms with Crippen LogP contribution in [0.1, 0.15) is 24.0 Å². The lowest BCUT2D eigenvalue weighted by molar-refractivity contribution is -0.119. The van der Waals surface area contributed by atoms with Crippen LogP contribution in [0.15, 0.2) is 54.7 Å². The molecule has 0 unspecified atom stereocenters. The second-order valence-corrected chi connectivity index (χ2v) is 7.90. The fourth-order valence-corrected chi connectivity index (χ4v) is 4.06. The number of pyridine rings is 1. The highest BCUT2D eigenvalue weighted by molar-refractivity contribution is 5.85. The fourth-order valence-electron chi connectivity index (χ4n) is 4.06. The number of aromatic nitrogens is 1. The molecular formula is C24H26FN3O2. The number of Topliss-reactive ketones (excluding diaryl/α,β-unsaturated/α-hetero) is 1. The molecule has 1 saturated heterocycles. The van der Waals surface area contributed by atoms with Crippen LogP contribution in [0.4, 0.5) is 10.1 Å². The van der Waals surface area contributed by atoms with Crippen LogP contribution in [0, 0.1) is 5.82 Å². The third kappa shape index (κ3) is 5.01. The third-order valence-electron chi connectivity index (χ3n) is 5.65. The maximum absolute atomic E-state index is 13.3. The molecule has 2 N–H and O–H groups in total. The van der Waals surface area contributed by atoms with Gasteiger partial charge in [-0.25, -0.2) is 4.39 Å². The van der Waals surface area contributed by atoms with Gasteiger partial charge in [-0.3, -0.25) is 14.7 Å². The summed E-state index contributed by atoms with van der Waals surface area (Å²) < 4.78 is 13.3. The second-order valence-electron chi connectivity index (χ2n) is 7.90. The first kappa shape index (κ1) is 20.4. The Morgan fingerprint density at radius 3 is 2.80 bits per heavy atom. The topological polar surface area (TPSA) is 65.5 Å². The number of aliphatic hydroxyl groups excluding tert-OH is 1. The van der Waals surface area contributed by atoms with Gasteiger partial charge in [0, 0.05) is 48.4 Å². The molecule has 0 amide bonds. The Morgan fingerprint density at radius 1 is 1.17 bits per heavy atom. The summed E-state index contributed by atoms with van der Waals surface area (Å²) in [4.78, 5) is 19.1. The van der Waals surface area contributed by atoms with E-state index in [9.17, 15) is 14.3 Å². The predicted molar refractivity (Wildman–Crippen MR) is 116 cm³/mol. The molecule has 0 aliphatic carbocycles. The molecule has 1 fully saturated rings. The van der Waals surface area contributed by atoms with Crippen molar-refractivity contribution in [1.82, 2.24) is 9.88 Å². The van der Waals surface area contributed by atoms with Gasteiger partial charge in [0.2, 0.25) is 0 Å². The van der Waals surface area contributed by atoms with Crippen LogP contribution in [0.2, 0.25) is 0 Å². The van der Waals surface area contributed by atoms with Gasteiger partial charge >= 0.3 is 0 Å². The summed E-state index contributed by atoms with van der Waals surface area (Å²) in [7, 11) is 0. The summed E-state index contributed by atoms with van der Waals surface area (Å²) in [6.45, 7) is 1.93. The Morgan fingerprint density at radius 2 is 2.00 bits per heavy atom. The van der Waals surface area contributed by atoms with E-state index in [2.05, 4.69) is 15.2 Å². The molecule has 0 spiro atoms. The van der Waals surface area contributed by atoms with Gasteiger partial charge in [-0.15, -0.1) is 0 Å². The molecule has 2 aromatic carbocycles. The van der Waals surface area contributed by atoms with Crippen LogP contribution in [-0.4, -0.2) is 46.4 Å². The molecule has 156 valence electrons. The Kier molecular flexibility index (Phi) is 6.35. The van der Waals surface area contributed by atoms with Crippen molar-refractivity contribution >= 4 is 22.4 Å². The van der Waals surface area contributed by atoms with E-state index >= 15 is 0 Å². The first-order valence-corrected chi connectivity index (χ1v) is 10.3. The number of carbonyl (C=O) groups is 1. The van der Waals surface area contributed by atoms with Gasteiger partial charge < -0.3 is 10.4 Å². The number of hydrogen-bond acceptors (Lipinski definition) is 5. The number of nitrogens with one attached hydrogen (secondary N) is 1. The van der Waals surface area contributed by atoms with Crippen LogP contribution in [0.25, 0.3) is 10.9 Å². The Balaban J connectivity index is 1.27. The minimum atomic E-state index is -0.347. The van der Waals surface area contributed by atoms with Gasteiger partial charge in [-0.2, -0.15) is 0 Å². The highest BCUT2D eigenvalue weighted by Gasteiger charge is 2.21. The summed E-state index contributed by atoms with van der Waals surface area (Å²) >= 11 is 0. The number of rotatable bonds is 7. The maximum atomic E-state index is 13.3. The van der Waals surface area contributed by atoms with Crippen LogP contribution in [-0.2, 0) is 17.8 Å². The average molecular weight is 407 g/mol. The molecule has 0 atom stereocenters. The quantitative estimate of drug-likeness (QED) is 0.627. The van der Waals surface area contributed by atoms with Gasteiger partial charge in [0.25, 0.3) is 0 Å². The van der Waals surface area contributed by atoms with E-state index in [0.29, 0.717) is 18.5 Å². The third-order valence-corrected chi connectivity index (χ3v) is 5.65. The first-order chi connectivity index (χ1) is 14.6. The molecule has 6 heteroatoms. The summed E-state index contributed by atoms with van der Waals surface area (Å²) in [5.74, 6) is -0.133. The molecule has 0 radical (unpaired) electrons. The normalized spacial score (nSPS) is 15.4. The molecular weight excluding hydrogens is 381 g/mol. The van der Waals surface area contributed by atoms with E-state index in [4.69, 9.17) is 0 Å². The minimum absolute atomic E-state index is 0.196. The number of carbonyl (C=O) groups excluding carboxylic acids is 1. The molecule has 1 aliphatic rings. The SMILES string of the molecule is O=C(Cc1ccc2ncccc2c1)CN1CCC(Nc2ccc(F)cc2CO)CC1. The Hall–Kier alpha value is -2.83. The molecule has 0 saturated carbocycles.